The van der Waals surface area contributed by atoms with Crippen LogP contribution in [0.25, 0.3) is 10.9 Å². The van der Waals surface area contributed by atoms with Crippen molar-refractivity contribution in [3.05, 3.63) is 71.9 Å². The van der Waals surface area contributed by atoms with E-state index in [-0.39, 0.29) is 19.6 Å². The molecule has 3 aromatic rings. The number of hydrogen-bond acceptors (Lipinski definition) is 6. The molecule has 0 spiro atoms. The number of methoxy groups -OCH3 is 1. The van der Waals surface area contributed by atoms with Crippen LogP contribution in [0, 0.1) is 0 Å². The molecule has 0 aliphatic rings. The number of aromatic nitrogens is 1. The van der Waals surface area contributed by atoms with Gasteiger partial charge in [-0.1, -0.05) is 48.5 Å². The van der Waals surface area contributed by atoms with Gasteiger partial charge in [0.05, 0.1) is 20.3 Å². The first-order valence-electron chi connectivity index (χ1n) is 11.7. The Labute approximate surface area is 210 Å². The number of ether oxygens (including phenoxy) is 3. The van der Waals surface area contributed by atoms with Crippen LogP contribution in [0.3, 0.4) is 0 Å². The summed E-state index contributed by atoms with van der Waals surface area (Å²) in [5, 5.41) is 6.20. The number of benzene rings is 2. The molecule has 9 nitrogen and oxygen atoms in total. The monoisotopic (exact) mass is 495 g/mol. The lowest BCUT2D eigenvalue weighted by Gasteiger charge is -2.25. The first-order chi connectivity index (χ1) is 17.2. The minimum atomic E-state index is -1.10. The van der Waals surface area contributed by atoms with Crippen molar-refractivity contribution in [1.29, 1.82) is 0 Å². The molecule has 3 rings (SSSR count). The normalized spacial score (nSPS) is 13.0. The Bertz CT molecular complexity index is 1170. The van der Waals surface area contributed by atoms with Crippen LogP contribution in [0.5, 0.6) is 0 Å². The molecule has 0 aliphatic carbocycles. The topological polar surface area (TPSA) is 119 Å². The lowest BCUT2D eigenvalue weighted by molar-refractivity contribution is -0.145. The highest BCUT2D eigenvalue weighted by Gasteiger charge is 2.29. The molecule has 1 aromatic heterocycles. The third-order valence-electron chi connectivity index (χ3n) is 5.30. The van der Waals surface area contributed by atoms with E-state index in [4.69, 9.17) is 14.2 Å². The van der Waals surface area contributed by atoms with E-state index in [0.717, 1.165) is 22.0 Å². The zero-order chi connectivity index (χ0) is 26.1. The lowest BCUT2D eigenvalue weighted by Crippen LogP contribution is -2.54. The number of carbonyl (C=O) groups is 3. The van der Waals surface area contributed by atoms with Gasteiger partial charge in [-0.2, -0.15) is 0 Å². The molecule has 0 unspecified atom stereocenters. The van der Waals surface area contributed by atoms with Gasteiger partial charge in [0.15, 0.2) is 0 Å². The number of rotatable bonds is 10. The van der Waals surface area contributed by atoms with Gasteiger partial charge in [-0.05, 0) is 38.0 Å². The summed E-state index contributed by atoms with van der Waals surface area (Å²) < 4.78 is 16.0. The molecule has 0 bridgehead atoms. The second-order valence-electron chi connectivity index (χ2n) is 9.35. The van der Waals surface area contributed by atoms with Crippen molar-refractivity contribution in [2.45, 2.75) is 51.5 Å². The second kappa shape index (κ2) is 12.2. The van der Waals surface area contributed by atoms with Crippen molar-refractivity contribution in [2.75, 3.05) is 13.7 Å². The van der Waals surface area contributed by atoms with Gasteiger partial charge in [-0.15, -0.1) is 0 Å². The van der Waals surface area contributed by atoms with Crippen LogP contribution in [0.4, 0.5) is 4.79 Å². The minimum absolute atomic E-state index is 0.124. The number of para-hydroxylation sites is 1. The van der Waals surface area contributed by atoms with Crippen LogP contribution in [-0.4, -0.2) is 54.4 Å². The SMILES string of the molecule is COC(=O)[C@H](Cc1c[nH]c2ccccc12)NC(=O)[C@H](COCc1ccccc1)NC(=O)OC(C)(C)C. The van der Waals surface area contributed by atoms with E-state index in [2.05, 4.69) is 15.6 Å². The maximum absolute atomic E-state index is 13.2. The summed E-state index contributed by atoms with van der Waals surface area (Å²) in [7, 11) is 1.26. The Morgan fingerprint density at radius 2 is 1.64 bits per heavy atom. The summed E-state index contributed by atoms with van der Waals surface area (Å²) in [6.07, 6.45) is 1.23. The highest BCUT2D eigenvalue weighted by Crippen LogP contribution is 2.19. The van der Waals surface area contributed by atoms with Crippen LogP contribution in [0.1, 0.15) is 31.9 Å². The van der Waals surface area contributed by atoms with Gasteiger partial charge >= 0.3 is 12.1 Å². The maximum Gasteiger partial charge on any atom is 0.408 e. The standard InChI is InChI=1S/C27H33N3O6/c1-27(2,3)36-26(33)30-23(17-35-16-18-10-6-5-7-11-18)24(31)29-22(25(32)34-4)14-19-15-28-21-13-9-8-12-20(19)21/h5-13,15,22-23,28H,14,16-17H2,1-4H3,(H,29,31)(H,30,33)/t22-,23-/m0/s1. The number of alkyl carbamates (subject to hydrolysis) is 1. The minimum Gasteiger partial charge on any atom is -0.467 e. The third kappa shape index (κ3) is 7.84. The number of esters is 1. The number of aromatic amines is 1. The van der Waals surface area contributed by atoms with Gasteiger partial charge in [0.2, 0.25) is 5.91 Å². The lowest BCUT2D eigenvalue weighted by atomic mass is 10.0. The molecule has 3 N–H and O–H groups in total. The van der Waals surface area contributed by atoms with E-state index in [1.807, 2.05) is 54.6 Å². The maximum atomic E-state index is 13.2. The molecular formula is C27H33N3O6. The molecule has 0 saturated heterocycles. The van der Waals surface area contributed by atoms with Crippen LogP contribution >= 0.6 is 0 Å². The van der Waals surface area contributed by atoms with E-state index in [1.165, 1.54) is 7.11 Å². The molecule has 192 valence electrons. The molecule has 36 heavy (non-hydrogen) atoms. The largest absolute Gasteiger partial charge is 0.467 e. The Balaban J connectivity index is 1.73. The number of carbonyl (C=O) groups excluding carboxylic acids is 3. The van der Waals surface area contributed by atoms with Gasteiger partial charge in [0, 0.05) is 23.5 Å². The fourth-order valence-electron chi connectivity index (χ4n) is 3.63. The molecule has 2 amide bonds. The molecule has 0 fully saturated rings. The van der Waals surface area contributed by atoms with E-state index >= 15 is 0 Å². The number of H-pyrrole nitrogens is 1. The summed E-state index contributed by atoms with van der Waals surface area (Å²) in [6.45, 7) is 5.30. The predicted molar refractivity (Wildman–Crippen MR) is 135 cm³/mol. The van der Waals surface area contributed by atoms with Crippen molar-refractivity contribution < 1.29 is 28.6 Å². The van der Waals surface area contributed by atoms with Crippen molar-refractivity contribution >= 4 is 28.9 Å². The Morgan fingerprint density at radius 1 is 0.944 bits per heavy atom. The summed E-state index contributed by atoms with van der Waals surface area (Å²) >= 11 is 0. The summed E-state index contributed by atoms with van der Waals surface area (Å²) in [6, 6.07) is 15.0. The van der Waals surface area contributed by atoms with Crippen LogP contribution in [0.2, 0.25) is 0 Å². The average molecular weight is 496 g/mol. The average Bonchev–Trinajstić information content (AvgIpc) is 3.24. The third-order valence-corrected chi connectivity index (χ3v) is 5.30. The fraction of sp³-hybridized carbons (Fsp3) is 0.370. The Hall–Kier alpha value is -3.85. The number of hydrogen-bond donors (Lipinski definition) is 3. The molecule has 2 atom stereocenters. The van der Waals surface area contributed by atoms with E-state index in [0.29, 0.717) is 0 Å². The smallest absolute Gasteiger partial charge is 0.408 e. The summed E-state index contributed by atoms with van der Waals surface area (Å²) in [5.41, 5.74) is 1.93. The van der Waals surface area contributed by atoms with Crippen molar-refractivity contribution in [1.82, 2.24) is 15.6 Å². The van der Waals surface area contributed by atoms with Crippen LogP contribution < -0.4 is 10.6 Å². The fourth-order valence-corrected chi connectivity index (χ4v) is 3.63. The van der Waals surface area contributed by atoms with Gasteiger partial charge in [0.25, 0.3) is 0 Å². The predicted octanol–water partition coefficient (Wildman–Crippen LogP) is 3.48. The number of nitrogens with one attached hydrogen (secondary N) is 3. The van der Waals surface area contributed by atoms with E-state index in [9.17, 15) is 14.4 Å². The van der Waals surface area contributed by atoms with Gasteiger partial charge in [-0.3, -0.25) is 4.79 Å². The highest BCUT2D eigenvalue weighted by atomic mass is 16.6. The zero-order valence-electron chi connectivity index (χ0n) is 21.0. The summed E-state index contributed by atoms with van der Waals surface area (Å²) in [4.78, 5) is 41.4. The molecule has 2 aromatic carbocycles. The summed E-state index contributed by atoms with van der Waals surface area (Å²) in [5.74, 6) is -1.20. The van der Waals surface area contributed by atoms with Gasteiger partial charge < -0.3 is 29.8 Å². The van der Waals surface area contributed by atoms with Gasteiger partial charge in [-0.25, -0.2) is 9.59 Å². The highest BCUT2D eigenvalue weighted by molar-refractivity contribution is 5.90. The van der Waals surface area contributed by atoms with Crippen LogP contribution in [-0.2, 0) is 36.8 Å². The van der Waals surface area contributed by atoms with E-state index in [1.54, 1.807) is 27.0 Å². The molecule has 9 heteroatoms. The van der Waals surface area contributed by atoms with Crippen molar-refractivity contribution in [3.8, 4) is 0 Å². The van der Waals surface area contributed by atoms with E-state index < -0.39 is 35.7 Å². The molecule has 0 saturated carbocycles. The number of fused-ring (bicyclic) bond motifs is 1. The second-order valence-corrected chi connectivity index (χ2v) is 9.35. The molecular weight excluding hydrogens is 462 g/mol. The first kappa shape index (κ1) is 26.7. The molecule has 1 heterocycles. The zero-order valence-corrected chi connectivity index (χ0v) is 21.0. The van der Waals surface area contributed by atoms with Crippen LogP contribution in [0.15, 0.2) is 60.8 Å². The molecule has 0 radical (unpaired) electrons. The Kier molecular flexibility index (Phi) is 9.08. The quantitative estimate of drug-likeness (QED) is 0.371. The Morgan fingerprint density at radius 3 is 2.33 bits per heavy atom. The first-order valence-corrected chi connectivity index (χ1v) is 11.7. The molecule has 0 aliphatic heterocycles. The van der Waals surface area contributed by atoms with Crippen molar-refractivity contribution in [2.24, 2.45) is 0 Å². The number of amides is 2. The van der Waals surface area contributed by atoms with Gasteiger partial charge in [0.1, 0.15) is 17.7 Å². The van der Waals surface area contributed by atoms with Crippen molar-refractivity contribution in [3.63, 3.8) is 0 Å².